The van der Waals surface area contributed by atoms with Gasteiger partial charge in [0.05, 0.1) is 0 Å². The number of rotatable bonds is 5. The molecule has 0 aromatic carbocycles. The molecular weight excluding hydrogens is 252 g/mol. The third kappa shape index (κ3) is 2.88. The standard InChI is InChI=1S/C16H28N2S/c1-15(2)9-4-5-10-16(15,13-17)18(3)11-8-14-7-6-12-19-14/h6-7,12H,4-5,8-11,13,17H2,1-3H3. The van der Waals surface area contributed by atoms with Crippen molar-refractivity contribution in [2.75, 3.05) is 20.1 Å². The molecule has 0 spiro atoms. The normalized spacial score (nSPS) is 26.8. The van der Waals surface area contributed by atoms with Crippen LogP contribution in [0.25, 0.3) is 0 Å². The average molecular weight is 280 g/mol. The lowest BCUT2D eigenvalue weighted by molar-refractivity contribution is -0.0279. The lowest BCUT2D eigenvalue weighted by Gasteiger charge is -2.55. The predicted molar refractivity (Wildman–Crippen MR) is 84.7 cm³/mol. The molecule has 1 heterocycles. The third-order valence-corrected chi connectivity index (χ3v) is 6.18. The van der Waals surface area contributed by atoms with E-state index in [1.54, 1.807) is 0 Å². The van der Waals surface area contributed by atoms with Gasteiger partial charge in [0.15, 0.2) is 0 Å². The summed E-state index contributed by atoms with van der Waals surface area (Å²) in [6, 6.07) is 4.38. The first-order valence-corrected chi connectivity index (χ1v) is 8.33. The Morgan fingerprint density at radius 2 is 2.05 bits per heavy atom. The molecule has 2 nitrogen and oxygen atoms in total. The van der Waals surface area contributed by atoms with Crippen molar-refractivity contribution >= 4 is 11.3 Å². The Morgan fingerprint density at radius 1 is 1.32 bits per heavy atom. The van der Waals surface area contributed by atoms with E-state index in [9.17, 15) is 0 Å². The second-order valence-corrected chi connectivity index (χ2v) is 7.61. The second kappa shape index (κ2) is 5.94. The zero-order chi connectivity index (χ0) is 13.9. The maximum absolute atomic E-state index is 6.22. The molecule has 1 saturated carbocycles. The van der Waals surface area contributed by atoms with Crippen LogP contribution in [0.15, 0.2) is 17.5 Å². The van der Waals surface area contributed by atoms with Gasteiger partial charge in [-0.3, -0.25) is 4.90 Å². The fourth-order valence-electron chi connectivity index (χ4n) is 3.74. The van der Waals surface area contributed by atoms with Crippen LogP contribution in [0.3, 0.4) is 0 Å². The first-order valence-electron chi connectivity index (χ1n) is 7.45. The van der Waals surface area contributed by atoms with E-state index in [0.717, 1.165) is 19.5 Å². The van der Waals surface area contributed by atoms with Crippen molar-refractivity contribution in [3.8, 4) is 0 Å². The highest BCUT2D eigenvalue weighted by Gasteiger charge is 2.47. The summed E-state index contributed by atoms with van der Waals surface area (Å²) >= 11 is 1.86. The van der Waals surface area contributed by atoms with Gasteiger partial charge in [0.1, 0.15) is 0 Å². The molecule has 0 aliphatic heterocycles. The van der Waals surface area contributed by atoms with Crippen molar-refractivity contribution in [3.63, 3.8) is 0 Å². The number of hydrogen-bond acceptors (Lipinski definition) is 3. The third-order valence-electron chi connectivity index (χ3n) is 5.24. The molecule has 108 valence electrons. The highest BCUT2D eigenvalue weighted by molar-refractivity contribution is 7.09. The Kier molecular flexibility index (Phi) is 4.70. The summed E-state index contributed by atoms with van der Waals surface area (Å²) in [5.41, 5.74) is 6.73. The Labute approximate surface area is 122 Å². The Hall–Kier alpha value is -0.380. The Morgan fingerprint density at radius 3 is 2.63 bits per heavy atom. The number of thiophene rings is 1. The summed E-state index contributed by atoms with van der Waals surface area (Å²) in [5.74, 6) is 0. The van der Waals surface area contributed by atoms with Crippen molar-refractivity contribution in [1.29, 1.82) is 0 Å². The monoisotopic (exact) mass is 280 g/mol. The van der Waals surface area contributed by atoms with E-state index >= 15 is 0 Å². The number of likely N-dealkylation sites (N-methyl/N-ethyl adjacent to an activating group) is 1. The van der Waals surface area contributed by atoms with Gasteiger partial charge in [-0.05, 0) is 43.2 Å². The van der Waals surface area contributed by atoms with Gasteiger partial charge in [-0.2, -0.15) is 0 Å². The van der Waals surface area contributed by atoms with Crippen molar-refractivity contribution in [2.45, 2.75) is 51.5 Å². The molecule has 1 unspecified atom stereocenters. The smallest absolute Gasteiger partial charge is 0.0379 e. The molecule has 1 aromatic heterocycles. The van der Waals surface area contributed by atoms with Crippen molar-refractivity contribution in [1.82, 2.24) is 4.90 Å². The molecule has 1 atom stereocenters. The van der Waals surface area contributed by atoms with Crippen LogP contribution in [0.5, 0.6) is 0 Å². The van der Waals surface area contributed by atoms with E-state index in [-0.39, 0.29) is 5.54 Å². The number of nitrogens with zero attached hydrogens (tertiary/aromatic N) is 1. The maximum Gasteiger partial charge on any atom is 0.0379 e. The lowest BCUT2D eigenvalue weighted by Crippen LogP contribution is -2.62. The van der Waals surface area contributed by atoms with Crippen LogP contribution in [-0.4, -0.2) is 30.6 Å². The molecule has 2 N–H and O–H groups in total. The van der Waals surface area contributed by atoms with Gasteiger partial charge in [0.25, 0.3) is 0 Å². The summed E-state index contributed by atoms with van der Waals surface area (Å²) in [4.78, 5) is 4.03. The summed E-state index contributed by atoms with van der Waals surface area (Å²) in [6.45, 7) is 6.70. The largest absolute Gasteiger partial charge is 0.329 e. The summed E-state index contributed by atoms with van der Waals surface area (Å²) in [5, 5.41) is 2.17. The zero-order valence-corrected chi connectivity index (χ0v) is 13.4. The second-order valence-electron chi connectivity index (χ2n) is 6.58. The lowest BCUT2D eigenvalue weighted by atomic mass is 9.62. The van der Waals surface area contributed by atoms with Gasteiger partial charge in [0, 0.05) is 23.5 Å². The SMILES string of the molecule is CN(CCc1cccs1)C1(CN)CCCCC1(C)C. The van der Waals surface area contributed by atoms with Gasteiger partial charge in [-0.25, -0.2) is 0 Å². The van der Waals surface area contributed by atoms with E-state index in [1.165, 1.54) is 30.6 Å². The van der Waals surface area contributed by atoms with Gasteiger partial charge in [-0.1, -0.05) is 32.8 Å². The van der Waals surface area contributed by atoms with E-state index in [0.29, 0.717) is 5.41 Å². The van der Waals surface area contributed by atoms with E-state index in [1.807, 2.05) is 11.3 Å². The minimum atomic E-state index is 0.183. The van der Waals surface area contributed by atoms with Crippen molar-refractivity contribution in [2.24, 2.45) is 11.1 Å². The molecular formula is C16H28N2S. The molecule has 19 heavy (non-hydrogen) atoms. The van der Waals surface area contributed by atoms with E-state index < -0.39 is 0 Å². The number of hydrogen-bond donors (Lipinski definition) is 1. The molecule has 0 radical (unpaired) electrons. The van der Waals surface area contributed by atoms with Gasteiger partial charge in [0.2, 0.25) is 0 Å². The van der Waals surface area contributed by atoms with Crippen LogP contribution in [0.2, 0.25) is 0 Å². The van der Waals surface area contributed by atoms with E-state index in [2.05, 4.69) is 43.3 Å². The highest BCUT2D eigenvalue weighted by atomic mass is 32.1. The maximum atomic E-state index is 6.22. The molecule has 0 saturated heterocycles. The molecule has 1 aliphatic rings. The summed E-state index contributed by atoms with van der Waals surface area (Å²) in [6.07, 6.45) is 6.37. The zero-order valence-electron chi connectivity index (χ0n) is 12.6. The average Bonchev–Trinajstić information content (AvgIpc) is 2.89. The Balaban J connectivity index is 2.06. The molecule has 0 amide bonds. The highest BCUT2D eigenvalue weighted by Crippen LogP contribution is 2.46. The quantitative estimate of drug-likeness (QED) is 0.894. The van der Waals surface area contributed by atoms with Crippen LogP contribution in [-0.2, 0) is 6.42 Å². The molecule has 1 fully saturated rings. The van der Waals surface area contributed by atoms with Crippen LogP contribution in [0, 0.1) is 5.41 Å². The predicted octanol–water partition coefficient (Wildman–Crippen LogP) is 3.52. The molecule has 2 rings (SSSR count). The fourth-order valence-corrected chi connectivity index (χ4v) is 4.44. The van der Waals surface area contributed by atoms with Crippen LogP contribution < -0.4 is 5.73 Å². The molecule has 3 heteroatoms. The molecule has 1 aliphatic carbocycles. The van der Waals surface area contributed by atoms with Crippen LogP contribution in [0.4, 0.5) is 0 Å². The Bertz CT molecular complexity index is 385. The minimum Gasteiger partial charge on any atom is -0.329 e. The molecule has 0 bridgehead atoms. The van der Waals surface area contributed by atoms with E-state index in [4.69, 9.17) is 5.73 Å². The first kappa shape index (κ1) is 15.0. The first-order chi connectivity index (χ1) is 9.02. The topological polar surface area (TPSA) is 29.3 Å². The van der Waals surface area contributed by atoms with Gasteiger partial charge < -0.3 is 5.73 Å². The summed E-state index contributed by atoms with van der Waals surface area (Å²) < 4.78 is 0. The van der Waals surface area contributed by atoms with Crippen LogP contribution in [0.1, 0.15) is 44.4 Å². The van der Waals surface area contributed by atoms with Crippen molar-refractivity contribution in [3.05, 3.63) is 22.4 Å². The fraction of sp³-hybridized carbons (Fsp3) is 0.750. The van der Waals surface area contributed by atoms with Crippen LogP contribution >= 0.6 is 11.3 Å². The molecule has 1 aromatic rings. The van der Waals surface area contributed by atoms with Gasteiger partial charge >= 0.3 is 0 Å². The van der Waals surface area contributed by atoms with Crippen molar-refractivity contribution < 1.29 is 0 Å². The minimum absolute atomic E-state index is 0.183. The van der Waals surface area contributed by atoms with Gasteiger partial charge in [-0.15, -0.1) is 11.3 Å². The summed E-state index contributed by atoms with van der Waals surface area (Å²) in [7, 11) is 2.27. The number of nitrogens with two attached hydrogens (primary N) is 1.